The fourth-order valence-corrected chi connectivity index (χ4v) is 3.47. The Bertz CT molecular complexity index is 1130. The van der Waals surface area contributed by atoms with Crippen LogP contribution in [0.25, 0.3) is 11.1 Å². The van der Waals surface area contributed by atoms with Crippen LogP contribution < -0.4 is 10.1 Å². The van der Waals surface area contributed by atoms with Crippen molar-refractivity contribution in [1.82, 2.24) is 4.90 Å². The SMILES string of the molecule is CCOC(=O)c1ccc(-c2cc(NC(=O)C3CCN3C(=O)OC(C)(C)C)ccc2OC(F)(F)F)cc1. The molecule has 0 aromatic heterocycles. The molecule has 0 saturated carbocycles. The number of alkyl halides is 3. The standard InChI is InChI=1S/C25H27F3N2O6/c1-5-34-22(32)16-8-6-15(7-9-16)18-14-17(10-11-20(18)35-25(26,27)28)29-21(31)19-12-13-30(19)23(33)36-24(2,3)4/h6-11,14,19H,5,12-13H2,1-4H3,(H,29,31). The Morgan fingerprint density at radius 2 is 1.72 bits per heavy atom. The maximum Gasteiger partial charge on any atom is 0.573 e. The molecule has 8 nitrogen and oxygen atoms in total. The summed E-state index contributed by atoms with van der Waals surface area (Å²) in [5.41, 5.74) is 0.0703. The van der Waals surface area contributed by atoms with Gasteiger partial charge in [0.1, 0.15) is 17.4 Å². The van der Waals surface area contributed by atoms with Gasteiger partial charge >= 0.3 is 18.4 Å². The third kappa shape index (κ3) is 6.89. The van der Waals surface area contributed by atoms with Gasteiger partial charge in [-0.2, -0.15) is 0 Å². The predicted octanol–water partition coefficient (Wildman–Crippen LogP) is 5.38. The number of esters is 1. The molecule has 1 fully saturated rings. The summed E-state index contributed by atoms with van der Waals surface area (Å²) in [6.07, 6.45) is -5.14. The maximum absolute atomic E-state index is 13.0. The number of anilines is 1. The van der Waals surface area contributed by atoms with Gasteiger partial charge < -0.3 is 19.5 Å². The molecule has 1 saturated heterocycles. The Labute approximate surface area is 206 Å². The first-order valence-electron chi connectivity index (χ1n) is 11.3. The van der Waals surface area contributed by atoms with Gasteiger partial charge in [0.15, 0.2) is 0 Å². The highest BCUT2D eigenvalue weighted by molar-refractivity contribution is 5.98. The van der Waals surface area contributed by atoms with Crippen LogP contribution in [0.5, 0.6) is 5.75 Å². The molecule has 1 heterocycles. The fraction of sp³-hybridized carbons (Fsp3) is 0.400. The lowest BCUT2D eigenvalue weighted by Gasteiger charge is -2.40. The Morgan fingerprint density at radius 1 is 1.06 bits per heavy atom. The molecular formula is C25H27F3N2O6. The second kappa shape index (κ2) is 10.5. The Hall–Kier alpha value is -3.76. The number of ether oxygens (including phenoxy) is 3. The normalized spacial score (nSPS) is 15.5. The smallest absolute Gasteiger partial charge is 0.462 e. The lowest BCUT2D eigenvalue weighted by Crippen LogP contribution is -2.57. The third-order valence-corrected chi connectivity index (χ3v) is 5.13. The van der Waals surface area contributed by atoms with Crippen molar-refractivity contribution in [3.8, 4) is 16.9 Å². The van der Waals surface area contributed by atoms with Crippen LogP contribution in [0.15, 0.2) is 42.5 Å². The number of rotatable bonds is 6. The Balaban J connectivity index is 1.83. The molecule has 11 heteroatoms. The van der Waals surface area contributed by atoms with E-state index >= 15 is 0 Å². The van der Waals surface area contributed by atoms with Crippen molar-refractivity contribution in [2.45, 2.75) is 52.1 Å². The molecule has 2 amide bonds. The van der Waals surface area contributed by atoms with Crippen molar-refractivity contribution < 1.29 is 41.8 Å². The quantitative estimate of drug-likeness (QED) is 0.527. The number of nitrogens with one attached hydrogen (secondary N) is 1. The first-order valence-corrected chi connectivity index (χ1v) is 11.3. The summed E-state index contributed by atoms with van der Waals surface area (Å²) in [4.78, 5) is 38.3. The van der Waals surface area contributed by atoms with E-state index in [2.05, 4.69) is 10.1 Å². The number of likely N-dealkylation sites (tertiary alicyclic amines) is 1. The first-order chi connectivity index (χ1) is 16.8. The molecule has 0 spiro atoms. The van der Waals surface area contributed by atoms with E-state index in [1.165, 1.54) is 41.3 Å². The summed E-state index contributed by atoms with van der Waals surface area (Å²) in [5, 5.41) is 2.64. The zero-order chi connectivity index (χ0) is 26.7. The summed E-state index contributed by atoms with van der Waals surface area (Å²) in [6, 6.07) is 8.66. The second-order valence-electron chi connectivity index (χ2n) is 9.02. The van der Waals surface area contributed by atoms with Gasteiger partial charge in [-0.3, -0.25) is 9.69 Å². The monoisotopic (exact) mass is 508 g/mol. The molecule has 36 heavy (non-hydrogen) atoms. The molecule has 194 valence electrons. The second-order valence-corrected chi connectivity index (χ2v) is 9.02. The zero-order valence-electron chi connectivity index (χ0n) is 20.3. The first kappa shape index (κ1) is 26.8. The van der Waals surface area contributed by atoms with Crippen LogP contribution in [-0.2, 0) is 14.3 Å². The van der Waals surface area contributed by atoms with Crippen LogP contribution >= 0.6 is 0 Å². The van der Waals surface area contributed by atoms with Gasteiger partial charge in [0.05, 0.1) is 12.2 Å². The van der Waals surface area contributed by atoms with E-state index in [4.69, 9.17) is 9.47 Å². The van der Waals surface area contributed by atoms with Gasteiger partial charge in [-0.1, -0.05) is 12.1 Å². The number of carbonyl (C=O) groups excluding carboxylic acids is 3. The average molecular weight is 508 g/mol. The predicted molar refractivity (Wildman–Crippen MR) is 124 cm³/mol. The van der Waals surface area contributed by atoms with Crippen LogP contribution in [0.1, 0.15) is 44.5 Å². The molecule has 3 rings (SSSR count). The minimum atomic E-state index is -4.94. The van der Waals surface area contributed by atoms with Crippen LogP contribution in [0.4, 0.5) is 23.7 Å². The summed E-state index contributed by atoms with van der Waals surface area (Å²) in [5.74, 6) is -1.55. The number of benzene rings is 2. The van der Waals surface area contributed by atoms with E-state index in [1.54, 1.807) is 27.7 Å². The van der Waals surface area contributed by atoms with Crippen LogP contribution in [0.2, 0.25) is 0 Å². The van der Waals surface area contributed by atoms with E-state index in [0.29, 0.717) is 18.5 Å². The topological polar surface area (TPSA) is 94.2 Å². The lowest BCUT2D eigenvalue weighted by molar-refractivity contribution is -0.274. The lowest BCUT2D eigenvalue weighted by atomic mass is 10.0. The van der Waals surface area contributed by atoms with Crippen molar-refractivity contribution in [1.29, 1.82) is 0 Å². The van der Waals surface area contributed by atoms with Crippen molar-refractivity contribution in [3.63, 3.8) is 0 Å². The number of amides is 2. The van der Waals surface area contributed by atoms with Crippen LogP contribution in [0.3, 0.4) is 0 Å². The summed E-state index contributed by atoms with van der Waals surface area (Å²) >= 11 is 0. The van der Waals surface area contributed by atoms with Crippen molar-refractivity contribution in [2.75, 3.05) is 18.5 Å². The van der Waals surface area contributed by atoms with E-state index in [0.717, 1.165) is 6.07 Å². The molecule has 2 aromatic rings. The van der Waals surface area contributed by atoms with Crippen molar-refractivity contribution >= 4 is 23.7 Å². The van der Waals surface area contributed by atoms with Crippen molar-refractivity contribution in [2.24, 2.45) is 0 Å². The highest BCUT2D eigenvalue weighted by atomic mass is 19.4. The Morgan fingerprint density at radius 3 is 2.25 bits per heavy atom. The minimum absolute atomic E-state index is 0.0399. The van der Waals surface area contributed by atoms with Gasteiger partial charge in [0.2, 0.25) is 5.91 Å². The van der Waals surface area contributed by atoms with E-state index in [1.807, 2.05) is 0 Å². The molecule has 1 unspecified atom stereocenters. The number of halogens is 3. The summed E-state index contributed by atoms with van der Waals surface area (Å²) in [6.45, 7) is 7.33. The van der Waals surface area contributed by atoms with Gasteiger partial charge in [-0.05, 0) is 70.0 Å². The molecule has 0 aliphatic carbocycles. The molecule has 1 aliphatic heterocycles. The van der Waals surface area contributed by atoms with Crippen LogP contribution in [-0.4, -0.2) is 54.0 Å². The number of nitrogens with zero attached hydrogens (tertiary/aromatic N) is 1. The van der Waals surface area contributed by atoms with Crippen LogP contribution in [0, 0.1) is 0 Å². The zero-order valence-corrected chi connectivity index (χ0v) is 20.3. The molecule has 1 aliphatic rings. The molecule has 1 N–H and O–H groups in total. The number of hydrogen-bond acceptors (Lipinski definition) is 6. The minimum Gasteiger partial charge on any atom is -0.462 e. The van der Waals surface area contributed by atoms with E-state index < -0.39 is 41.7 Å². The number of carbonyl (C=O) groups is 3. The highest BCUT2D eigenvalue weighted by Crippen LogP contribution is 2.36. The summed E-state index contributed by atoms with van der Waals surface area (Å²) < 4.78 is 53.4. The van der Waals surface area contributed by atoms with E-state index in [-0.39, 0.29) is 23.4 Å². The molecule has 0 bridgehead atoms. The average Bonchev–Trinajstić information content (AvgIpc) is 2.72. The van der Waals surface area contributed by atoms with Gasteiger partial charge in [-0.25, -0.2) is 9.59 Å². The van der Waals surface area contributed by atoms with Crippen molar-refractivity contribution in [3.05, 3.63) is 48.0 Å². The third-order valence-electron chi connectivity index (χ3n) is 5.13. The molecule has 1 atom stereocenters. The summed E-state index contributed by atoms with van der Waals surface area (Å²) in [7, 11) is 0. The van der Waals surface area contributed by atoms with Gasteiger partial charge in [0, 0.05) is 17.8 Å². The number of hydrogen-bond donors (Lipinski definition) is 1. The largest absolute Gasteiger partial charge is 0.573 e. The molecule has 2 aromatic carbocycles. The van der Waals surface area contributed by atoms with Gasteiger partial charge in [0.25, 0.3) is 0 Å². The Kier molecular flexibility index (Phi) is 7.80. The van der Waals surface area contributed by atoms with E-state index in [9.17, 15) is 27.6 Å². The maximum atomic E-state index is 13.0. The highest BCUT2D eigenvalue weighted by Gasteiger charge is 2.40. The molecule has 0 radical (unpaired) electrons. The molecular weight excluding hydrogens is 481 g/mol. The van der Waals surface area contributed by atoms with Gasteiger partial charge in [-0.15, -0.1) is 13.2 Å². The fourth-order valence-electron chi connectivity index (χ4n) is 3.47.